The standard InChI is InChI=1S/C18H23ClN4OS/c1-3-12(2)20-17(24)15-5-4-10-23(15)18-21-16(22-25-18)11-13-6-8-14(19)9-7-13/h6-9,12,15H,3-5,10-11H2,1-2H3,(H,20,24)/t12-,15-/m1/s1. The third-order valence-corrected chi connectivity index (χ3v) is 5.58. The van der Waals surface area contributed by atoms with Gasteiger partial charge in [0.25, 0.3) is 0 Å². The molecule has 3 rings (SSSR count). The van der Waals surface area contributed by atoms with Crippen molar-refractivity contribution in [3.63, 3.8) is 0 Å². The van der Waals surface area contributed by atoms with Gasteiger partial charge < -0.3 is 10.2 Å². The lowest BCUT2D eigenvalue weighted by molar-refractivity contribution is -0.122. The van der Waals surface area contributed by atoms with Crippen LogP contribution in [0.2, 0.25) is 5.02 Å². The van der Waals surface area contributed by atoms with Crippen LogP contribution in [0, 0.1) is 0 Å². The van der Waals surface area contributed by atoms with Crippen LogP contribution in [0.4, 0.5) is 5.13 Å². The lowest BCUT2D eigenvalue weighted by atomic mass is 10.1. The zero-order valence-corrected chi connectivity index (χ0v) is 16.1. The van der Waals surface area contributed by atoms with Crippen molar-refractivity contribution < 1.29 is 4.79 Å². The van der Waals surface area contributed by atoms with E-state index in [0.717, 1.165) is 47.3 Å². The molecule has 0 saturated carbocycles. The van der Waals surface area contributed by atoms with E-state index < -0.39 is 0 Å². The Morgan fingerprint density at radius 3 is 2.92 bits per heavy atom. The lowest BCUT2D eigenvalue weighted by Crippen LogP contribution is -2.46. The minimum atomic E-state index is -0.134. The predicted octanol–water partition coefficient (Wildman–Crippen LogP) is 3.67. The van der Waals surface area contributed by atoms with E-state index in [1.807, 2.05) is 31.2 Å². The van der Waals surface area contributed by atoms with Crippen molar-refractivity contribution in [2.45, 2.75) is 51.6 Å². The molecule has 0 spiro atoms. The van der Waals surface area contributed by atoms with E-state index in [1.165, 1.54) is 11.5 Å². The zero-order valence-electron chi connectivity index (χ0n) is 14.5. The molecule has 1 aliphatic heterocycles. The summed E-state index contributed by atoms with van der Waals surface area (Å²) >= 11 is 7.30. The fourth-order valence-corrected chi connectivity index (χ4v) is 3.82. The number of hydrogen-bond donors (Lipinski definition) is 1. The summed E-state index contributed by atoms with van der Waals surface area (Å²) in [6, 6.07) is 7.79. The van der Waals surface area contributed by atoms with Crippen molar-refractivity contribution in [3.8, 4) is 0 Å². The van der Waals surface area contributed by atoms with Crippen LogP contribution in [-0.4, -0.2) is 33.9 Å². The van der Waals surface area contributed by atoms with Gasteiger partial charge in [-0.2, -0.15) is 4.37 Å². The molecule has 0 unspecified atom stereocenters. The maximum atomic E-state index is 12.5. The van der Waals surface area contributed by atoms with Crippen molar-refractivity contribution in [2.75, 3.05) is 11.4 Å². The van der Waals surface area contributed by atoms with Gasteiger partial charge in [0, 0.05) is 35.6 Å². The highest BCUT2D eigenvalue weighted by atomic mass is 35.5. The Hall–Kier alpha value is -1.66. The summed E-state index contributed by atoms with van der Waals surface area (Å²) in [5.41, 5.74) is 1.13. The molecule has 0 radical (unpaired) electrons. The number of benzene rings is 1. The first-order valence-corrected chi connectivity index (χ1v) is 9.86. The Balaban J connectivity index is 1.68. The lowest BCUT2D eigenvalue weighted by Gasteiger charge is -2.24. The van der Waals surface area contributed by atoms with Crippen molar-refractivity contribution in [1.29, 1.82) is 0 Å². The first-order chi connectivity index (χ1) is 12.1. The maximum absolute atomic E-state index is 12.5. The number of nitrogens with one attached hydrogen (secondary N) is 1. The smallest absolute Gasteiger partial charge is 0.242 e. The Morgan fingerprint density at radius 2 is 2.20 bits per heavy atom. The van der Waals surface area contributed by atoms with Crippen LogP contribution in [0.5, 0.6) is 0 Å². The van der Waals surface area contributed by atoms with Crippen molar-refractivity contribution in [1.82, 2.24) is 14.7 Å². The Kier molecular flexibility index (Phi) is 5.91. The Bertz CT molecular complexity index is 718. The van der Waals surface area contributed by atoms with Gasteiger partial charge in [0.2, 0.25) is 11.0 Å². The number of halogens is 1. The first-order valence-electron chi connectivity index (χ1n) is 8.71. The van der Waals surface area contributed by atoms with Crippen molar-refractivity contribution >= 4 is 34.2 Å². The fourth-order valence-electron chi connectivity index (χ4n) is 2.93. The Morgan fingerprint density at radius 1 is 1.44 bits per heavy atom. The van der Waals surface area contributed by atoms with Gasteiger partial charge in [-0.25, -0.2) is 4.98 Å². The normalized spacial score (nSPS) is 18.4. The average molecular weight is 379 g/mol. The molecule has 0 aliphatic carbocycles. The van der Waals surface area contributed by atoms with Gasteiger partial charge in [-0.3, -0.25) is 4.79 Å². The van der Waals surface area contributed by atoms with E-state index in [1.54, 1.807) is 0 Å². The van der Waals surface area contributed by atoms with Gasteiger partial charge >= 0.3 is 0 Å². The molecule has 2 atom stereocenters. The summed E-state index contributed by atoms with van der Waals surface area (Å²) < 4.78 is 4.47. The van der Waals surface area contributed by atoms with Crippen LogP contribution in [0.3, 0.4) is 0 Å². The molecule has 2 heterocycles. The predicted molar refractivity (Wildman–Crippen MR) is 102 cm³/mol. The molecule has 5 nitrogen and oxygen atoms in total. The quantitative estimate of drug-likeness (QED) is 0.833. The maximum Gasteiger partial charge on any atom is 0.242 e. The molecular weight excluding hydrogens is 356 g/mol. The van der Waals surface area contributed by atoms with E-state index in [0.29, 0.717) is 6.42 Å². The van der Waals surface area contributed by atoms with E-state index in [-0.39, 0.29) is 18.0 Å². The topological polar surface area (TPSA) is 58.1 Å². The number of carbonyl (C=O) groups is 1. The number of carbonyl (C=O) groups excluding carboxylic acids is 1. The third-order valence-electron chi connectivity index (χ3n) is 4.54. The monoisotopic (exact) mass is 378 g/mol. The second-order valence-electron chi connectivity index (χ2n) is 6.47. The number of aromatic nitrogens is 2. The summed E-state index contributed by atoms with van der Waals surface area (Å²) in [5.74, 6) is 0.886. The molecule has 7 heteroatoms. The summed E-state index contributed by atoms with van der Waals surface area (Å²) in [6.45, 7) is 4.96. The second-order valence-corrected chi connectivity index (χ2v) is 7.63. The van der Waals surface area contributed by atoms with Gasteiger partial charge in [-0.15, -0.1) is 0 Å². The summed E-state index contributed by atoms with van der Waals surface area (Å²) in [6.07, 6.45) is 3.48. The van der Waals surface area contributed by atoms with Crippen LogP contribution in [0.25, 0.3) is 0 Å². The van der Waals surface area contributed by atoms with Crippen LogP contribution < -0.4 is 10.2 Å². The molecule has 1 N–H and O–H groups in total. The highest BCUT2D eigenvalue weighted by molar-refractivity contribution is 7.09. The van der Waals surface area contributed by atoms with Crippen molar-refractivity contribution in [2.24, 2.45) is 0 Å². The fraction of sp³-hybridized carbons (Fsp3) is 0.500. The molecule has 1 fully saturated rings. The molecule has 1 aliphatic rings. The van der Waals surface area contributed by atoms with Crippen LogP contribution >= 0.6 is 23.1 Å². The zero-order chi connectivity index (χ0) is 17.8. The molecule has 1 aromatic carbocycles. The SMILES string of the molecule is CC[C@@H](C)NC(=O)[C@H]1CCCN1c1nc(Cc2ccc(Cl)cc2)ns1. The van der Waals surface area contributed by atoms with Crippen LogP contribution in [-0.2, 0) is 11.2 Å². The molecule has 134 valence electrons. The highest BCUT2D eigenvalue weighted by Gasteiger charge is 2.33. The Labute approximate surface area is 157 Å². The molecule has 25 heavy (non-hydrogen) atoms. The van der Waals surface area contributed by atoms with Gasteiger partial charge in [-0.1, -0.05) is 30.7 Å². The molecule has 1 saturated heterocycles. The number of hydrogen-bond acceptors (Lipinski definition) is 5. The van der Waals surface area contributed by atoms with Gasteiger partial charge in [0.15, 0.2) is 0 Å². The number of nitrogens with zero attached hydrogens (tertiary/aromatic N) is 3. The van der Waals surface area contributed by atoms with E-state index in [4.69, 9.17) is 11.6 Å². The van der Waals surface area contributed by atoms with Crippen LogP contribution in [0.1, 0.15) is 44.5 Å². The molecular formula is C18H23ClN4OS. The third kappa shape index (κ3) is 4.50. The van der Waals surface area contributed by atoms with E-state index >= 15 is 0 Å². The average Bonchev–Trinajstić information content (AvgIpc) is 3.25. The molecule has 1 aromatic heterocycles. The van der Waals surface area contributed by atoms with E-state index in [9.17, 15) is 4.79 Å². The highest BCUT2D eigenvalue weighted by Crippen LogP contribution is 2.28. The summed E-state index contributed by atoms with van der Waals surface area (Å²) in [4.78, 5) is 19.3. The van der Waals surface area contributed by atoms with E-state index in [2.05, 4.69) is 26.5 Å². The summed E-state index contributed by atoms with van der Waals surface area (Å²) in [7, 11) is 0. The van der Waals surface area contributed by atoms with Gasteiger partial charge in [-0.05, 0) is 43.9 Å². The van der Waals surface area contributed by atoms with Gasteiger partial charge in [0.05, 0.1) is 0 Å². The number of anilines is 1. The molecule has 1 amide bonds. The van der Waals surface area contributed by atoms with Crippen molar-refractivity contribution in [3.05, 3.63) is 40.7 Å². The minimum absolute atomic E-state index is 0.0984. The number of rotatable bonds is 6. The molecule has 0 bridgehead atoms. The van der Waals surface area contributed by atoms with Gasteiger partial charge in [0.1, 0.15) is 11.9 Å². The molecule has 2 aromatic rings. The largest absolute Gasteiger partial charge is 0.352 e. The second kappa shape index (κ2) is 8.15. The van der Waals surface area contributed by atoms with Crippen LogP contribution in [0.15, 0.2) is 24.3 Å². The first kappa shape index (κ1) is 18.1. The number of amides is 1. The minimum Gasteiger partial charge on any atom is -0.352 e. The summed E-state index contributed by atoms with van der Waals surface area (Å²) in [5, 5.41) is 4.65.